The molecule has 0 aliphatic carbocycles. The van der Waals surface area contributed by atoms with Crippen molar-refractivity contribution in [2.45, 2.75) is 0 Å². The van der Waals surface area contributed by atoms with Crippen LogP contribution in [0.1, 0.15) is 10.4 Å². The minimum Gasteiger partial charge on any atom is -0.495 e. The van der Waals surface area contributed by atoms with Crippen molar-refractivity contribution in [3.05, 3.63) is 52.2 Å². The summed E-state index contributed by atoms with van der Waals surface area (Å²) in [7, 11) is 1.66. The smallest absolute Gasteiger partial charge is 0.145 e. The Morgan fingerprint density at radius 2 is 1.87 bits per heavy atom. The predicted molar refractivity (Wildman–Crippen MR) is 63.3 cm³/mol. The molecule has 0 aliphatic rings. The lowest BCUT2D eigenvalue weighted by atomic mass is 10.2. The van der Waals surface area contributed by atoms with Gasteiger partial charge in [-0.3, -0.25) is 0 Å². The van der Waals surface area contributed by atoms with E-state index in [4.69, 9.17) is 4.74 Å². The highest BCUT2D eigenvalue weighted by atomic mass is 32.1. The van der Waals surface area contributed by atoms with Gasteiger partial charge in [0.25, 0.3) is 0 Å². The van der Waals surface area contributed by atoms with Gasteiger partial charge in [0.05, 0.1) is 7.11 Å². The summed E-state index contributed by atoms with van der Waals surface area (Å²) in [6.45, 7) is 0. The summed E-state index contributed by atoms with van der Waals surface area (Å²) >= 11 is 1.59. The fourth-order valence-corrected chi connectivity index (χ4v) is 1.91. The van der Waals surface area contributed by atoms with Crippen molar-refractivity contribution in [2.75, 3.05) is 7.11 Å². The molecule has 2 heteroatoms. The van der Waals surface area contributed by atoms with Crippen LogP contribution in [0, 0.1) is 11.8 Å². The lowest BCUT2D eigenvalue weighted by molar-refractivity contribution is 0.415. The molecule has 0 radical (unpaired) electrons. The third-order valence-electron chi connectivity index (χ3n) is 1.94. The van der Waals surface area contributed by atoms with Crippen molar-refractivity contribution in [1.29, 1.82) is 0 Å². The fourth-order valence-electron chi connectivity index (χ4n) is 1.20. The molecule has 0 spiro atoms. The Hall–Kier alpha value is -1.72. The molecule has 0 fully saturated rings. The summed E-state index contributed by atoms with van der Waals surface area (Å²) in [6, 6.07) is 11.9. The largest absolute Gasteiger partial charge is 0.495 e. The molecule has 0 aliphatic heterocycles. The summed E-state index contributed by atoms with van der Waals surface area (Å²) in [6.07, 6.45) is 0. The molecule has 1 aromatic heterocycles. The van der Waals surface area contributed by atoms with E-state index in [2.05, 4.69) is 11.8 Å². The molecule has 1 heterocycles. The topological polar surface area (TPSA) is 9.23 Å². The first kappa shape index (κ1) is 9.82. The molecule has 0 atom stereocenters. The van der Waals surface area contributed by atoms with Crippen molar-refractivity contribution in [2.24, 2.45) is 0 Å². The van der Waals surface area contributed by atoms with Crippen LogP contribution in [0.3, 0.4) is 0 Å². The van der Waals surface area contributed by atoms with Crippen molar-refractivity contribution in [1.82, 2.24) is 0 Å². The first-order chi connectivity index (χ1) is 7.40. The fraction of sp³-hybridized carbons (Fsp3) is 0.0769. The predicted octanol–water partition coefficient (Wildman–Crippen LogP) is 3.16. The van der Waals surface area contributed by atoms with Crippen LogP contribution in [0.4, 0.5) is 0 Å². The molecule has 0 unspecified atom stereocenters. The molecule has 0 saturated heterocycles. The van der Waals surface area contributed by atoms with Gasteiger partial charge in [0.2, 0.25) is 0 Å². The number of thiophene rings is 1. The van der Waals surface area contributed by atoms with Crippen LogP contribution in [-0.4, -0.2) is 7.11 Å². The van der Waals surface area contributed by atoms with Gasteiger partial charge in [-0.2, -0.15) is 0 Å². The monoisotopic (exact) mass is 214 g/mol. The first-order valence-electron chi connectivity index (χ1n) is 4.58. The molecule has 1 aromatic carbocycles. The van der Waals surface area contributed by atoms with E-state index in [1.807, 2.05) is 41.8 Å². The molecular weight excluding hydrogens is 204 g/mol. The molecule has 15 heavy (non-hydrogen) atoms. The first-order valence-corrected chi connectivity index (χ1v) is 5.46. The molecule has 0 bridgehead atoms. The maximum absolute atomic E-state index is 5.18. The molecular formula is C13H10OS. The summed E-state index contributed by atoms with van der Waals surface area (Å²) in [5.74, 6) is 7.06. The summed E-state index contributed by atoms with van der Waals surface area (Å²) in [4.78, 5) is 0.973. The van der Waals surface area contributed by atoms with E-state index >= 15 is 0 Å². The van der Waals surface area contributed by atoms with Gasteiger partial charge >= 0.3 is 0 Å². The van der Waals surface area contributed by atoms with Gasteiger partial charge in [-0.05, 0) is 29.5 Å². The summed E-state index contributed by atoms with van der Waals surface area (Å²) < 4.78 is 5.18. The lowest BCUT2D eigenvalue weighted by Crippen LogP contribution is -1.81. The highest BCUT2D eigenvalue weighted by molar-refractivity contribution is 7.10. The zero-order valence-corrected chi connectivity index (χ0v) is 9.17. The number of ether oxygens (including phenoxy) is 1. The van der Waals surface area contributed by atoms with Gasteiger partial charge in [-0.15, -0.1) is 11.3 Å². The average molecular weight is 214 g/mol. The summed E-state index contributed by atoms with van der Waals surface area (Å²) in [5.41, 5.74) is 1.02. The van der Waals surface area contributed by atoms with Crippen LogP contribution >= 0.6 is 11.3 Å². The minimum atomic E-state index is 0.850. The zero-order chi connectivity index (χ0) is 10.5. The van der Waals surface area contributed by atoms with Crippen LogP contribution in [0.2, 0.25) is 0 Å². The van der Waals surface area contributed by atoms with Gasteiger partial charge in [0.1, 0.15) is 10.6 Å². The van der Waals surface area contributed by atoms with E-state index < -0.39 is 0 Å². The van der Waals surface area contributed by atoms with Crippen molar-refractivity contribution >= 4 is 11.3 Å². The SMILES string of the molecule is COc1ccsc1C#Cc1ccccc1. The normalized spacial score (nSPS) is 9.13. The van der Waals surface area contributed by atoms with Gasteiger partial charge in [0.15, 0.2) is 0 Å². The molecule has 0 saturated carbocycles. The number of benzene rings is 1. The van der Waals surface area contributed by atoms with E-state index in [0.29, 0.717) is 0 Å². The van der Waals surface area contributed by atoms with E-state index in [1.54, 1.807) is 18.4 Å². The molecule has 2 aromatic rings. The van der Waals surface area contributed by atoms with Crippen molar-refractivity contribution in [3.63, 3.8) is 0 Å². The number of methoxy groups -OCH3 is 1. The second-order valence-corrected chi connectivity index (χ2v) is 3.85. The molecule has 1 nitrogen and oxygen atoms in total. The zero-order valence-electron chi connectivity index (χ0n) is 8.36. The average Bonchev–Trinajstić information content (AvgIpc) is 2.75. The van der Waals surface area contributed by atoms with Gasteiger partial charge in [-0.1, -0.05) is 24.1 Å². The highest BCUT2D eigenvalue weighted by Gasteiger charge is 1.99. The highest BCUT2D eigenvalue weighted by Crippen LogP contribution is 2.22. The van der Waals surface area contributed by atoms with Gasteiger partial charge in [0, 0.05) is 5.56 Å². The Labute approximate surface area is 93.3 Å². The van der Waals surface area contributed by atoms with E-state index in [1.165, 1.54) is 0 Å². The van der Waals surface area contributed by atoms with Gasteiger partial charge < -0.3 is 4.74 Å². The Morgan fingerprint density at radius 3 is 2.60 bits per heavy atom. The maximum atomic E-state index is 5.18. The Morgan fingerprint density at radius 1 is 1.07 bits per heavy atom. The van der Waals surface area contributed by atoms with Crippen LogP contribution in [0.5, 0.6) is 5.75 Å². The van der Waals surface area contributed by atoms with E-state index in [-0.39, 0.29) is 0 Å². The molecule has 74 valence electrons. The maximum Gasteiger partial charge on any atom is 0.145 e. The third-order valence-corrected chi connectivity index (χ3v) is 2.75. The number of hydrogen-bond acceptors (Lipinski definition) is 2. The second-order valence-electron chi connectivity index (χ2n) is 2.93. The molecule has 2 rings (SSSR count). The quantitative estimate of drug-likeness (QED) is 0.663. The van der Waals surface area contributed by atoms with Crippen LogP contribution in [-0.2, 0) is 0 Å². The Bertz CT molecular complexity index is 488. The van der Waals surface area contributed by atoms with Crippen molar-refractivity contribution < 1.29 is 4.74 Å². The van der Waals surface area contributed by atoms with E-state index in [0.717, 1.165) is 16.2 Å². The number of rotatable bonds is 1. The number of hydrogen-bond donors (Lipinski definition) is 0. The van der Waals surface area contributed by atoms with Crippen LogP contribution in [0.15, 0.2) is 41.8 Å². The second kappa shape index (κ2) is 4.68. The third kappa shape index (κ3) is 2.39. The standard InChI is InChI=1S/C13H10OS/c1-14-12-9-10-15-13(12)8-7-11-5-3-2-4-6-11/h2-6,9-10H,1H3. The van der Waals surface area contributed by atoms with E-state index in [9.17, 15) is 0 Å². The molecule has 0 amide bonds. The Kier molecular flexibility index (Phi) is 3.06. The minimum absolute atomic E-state index is 0.850. The Balaban J connectivity index is 2.26. The van der Waals surface area contributed by atoms with Crippen molar-refractivity contribution in [3.8, 4) is 17.6 Å². The summed E-state index contributed by atoms with van der Waals surface area (Å²) in [5, 5.41) is 1.98. The van der Waals surface area contributed by atoms with Crippen LogP contribution in [0.25, 0.3) is 0 Å². The molecule has 0 N–H and O–H groups in total. The lowest BCUT2D eigenvalue weighted by Gasteiger charge is -1.93. The van der Waals surface area contributed by atoms with Gasteiger partial charge in [-0.25, -0.2) is 0 Å². The van der Waals surface area contributed by atoms with Crippen LogP contribution < -0.4 is 4.74 Å².